The van der Waals surface area contributed by atoms with Gasteiger partial charge in [0.15, 0.2) is 0 Å². The molecule has 0 amide bonds. The maximum Gasteiger partial charge on any atom is -1.00 e. The van der Waals surface area contributed by atoms with Crippen molar-refractivity contribution in [3.63, 3.8) is 0 Å². The second-order valence-electron chi connectivity index (χ2n) is 5.02. The Kier molecular flexibility index (Phi) is 18.6. The van der Waals surface area contributed by atoms with Gasteiger partial charge in [-0.2, -0.15) is 11.1 Å². The third-order valence-corrected chi connectivity index (χ3v) is 2.47. The summed E-state index contributed by atoms with van der Waals surface area (Å²) in [5.41, 5.74) is 5.78. The quantitative estimate of drug-likeness (QED) is 0.356. The van der Waals surface area contributed by atoms with E-state index in [2.05, 4.69) is 65.1 Å². The first-order chi connectivity index (χ1) is 8.32. The molecule has 0 saturated heterocycles. The molecule has 0 aromatic heterocycles. The summed E-state index contributed by atoms with van der Waals surface area (Å²) in [7, 11) is 0. The van der Waals surface area contributed by atoms with Gasteiger partial charge in [0.05, 0.1) is 0 Å². The molecule has 0 N–H and O–H groups in total. The van der Waals surface area contributed by atoms with Crippen molar-refractivity contribution >= 4 is 5.43 Å². The second kappa shape index (κ2) is 14.6. The van der Waals surface area contributed by atoms with Crippen molar-refractivity contribution < 1.29 is 48.1 Å². The average molecular weight is 407 g/mol. The third-order valence-electron chi connectivity index (χ3n) is 2.47. The minimum Gasteiger partial charge on any atom is -1.00 e. The zero-order chi connectivity index (χ0) is 14.1. The molecule has 0 aliphatic heterocycles. The predicted octanol–water partition coefficient (Wildman–Crippen LogP) is -1.04. The van der Waals surface area contributed by atoms with Crippen LogP contribution >= 0.6 is 0 Å². The number of allylic oxidation sites excluding steroid dienone is 8. The van der Waals surface area contributed by atoms with Crippen molar-refractivity contribution in [2.45, 2.75) is 53.6 Å². The van der Waals surface area contributed by atoms with Gasteiger partial charge in [0.25, 0.3) is 0 Å². The minimum atomic E-state index is 0. The molecule has 0 unspecified atom stereocenters. The Morgan fingerprint density at radius 2 is 1.55 bits per heavy atom. The van der Waals surface area contributed by atoms with Gasteiger partial charge in [-0.1, -0.05) is 20.8 Å². The van der Waals surface area contributed by atoms with Crippen LogP contribution in [0.1, 0.15) is 40.5 Å². The van der Waals surface area contributed by atoms with E-state index in [9.17, 15) is 0 Å². The molecule has 2 aliphatic rings. The zero-order valence-electron chi connectivity index (χ0n) is 13.3. The summed E-state index contributed by atoms with van der Waals surface area (Å²) in [6.45, 7) is 13.1. The fourth-order valence-corrected chi connectivity index (χ4v) is 1.37. The maximum absolute atomic E-state index is 3.19. The molecule has 0 fully saturated rings. The van der Waals surface area contributed by atoms with Crippen LogP contribution in [-0.2, 0) is 23.3 Å². The van der Waals surface area contributed by atoms with Gasteiger partial charge in [-0.15, -0.1) is 19.8 Å². The third kappa shape index (κ3) is 15.0. The van der Waals surface area contributed by atoms with E-state index in [0.717, 1.165) is 12.8 Å². The van der Waals surface area contributed by atoms with Crippen LogP contribution in [0.3, 0.4) is 0 Å². The molecular weight excluding hydrogens is 382 g/mol. The first kappa shape index (κ1) is 25.6. The number of hydrogen-bond acceptors (Lipinski definition) is 0. The van der Waals surface area contributed by atoms with E-state index in [4.69, 9.17) is 0 Å². The molecule has 0 aromatic rings. The number of halogens is 2. The number of rotatable bonds is 0. The molecule has 2 rings (SSSR count). The Balaban J connectivity index is -0.000000215. The van der Waals surface area contributed by atoms with E-state index < -0.39 is 0 Å². The standard InChI is InChI=1S/2C7H9.C2H6Si.2ClH.Zr/c1-6-3-4-7(2)5-6;1-6-4-3-5-7(6)2;1-3-2;;;/h5H,3H2,1-2H3;4H,5H2,1-2H3;1-2H3;2*1H;/q2*-1;;;;+2/p-2. The molecule has 0 radical (unpaired) electrons. The van der Waals surface area contributed by atoms with Gasteiger partial charge in [-0.05, 0) is 0 Å². The van der Waals surface area contributed by atoms with Crippen LogP contribution in [-0.4, -0.2) is 5.43 Å². The van der Waals surface area contributed by atoms with Crippen molar-refractivity contribution in [1.29, 1.82) is 0 Å². The molecule has 0 nitrogen and oxygen atoms in total. The molecule has 4 heteroatoms. The van der Waals surface area contributed by atoms with E-state index in [1.807, 2.05) is 0 Å². The van der Waals surface area contributed by atoms with Gasteiger partial charge < -0.3 is 24.8 Å². The SMILES string of the molecule is CC1=C(C)C[C-]=C1.CC1=[C-]CC(C)=C1.C[Si](C)=[Zr+2].[Cl-].[Cl-]. The fourth-order valence-electron chi connectivity index (χ4n) is 1.37. The van der Waals surface area contributed by atoms with E-state index >= 15 is 0 Å². The maximum atomic E-state index is 3.19. The zero-order valence-corrected chi connectivity index (χ0v) is 18.3. The van der Waals surface area contributed by atoms with Gasteiger partial charge in [0.1, 0.15) is 0 Å². The molecule has 0 heterocycles. The normalized spacial score (nSPS) is 14.8. The summed E-state index contributed by atoms with van der Waals surface area (Å²) in [6, 6.07) is 0. The summed E-state index contributed by atoms with van der Waals surface area (Å²) in [6.07, 6.45) is 12.6. The topological polar surface area (TPSA) is 0 Å². The minimum absolute atomic E-state index is 0. The van der Waals surface area contributed by atoms with Crippen molar-refractivity contribution in [2.24, 2.45) is 0 Å². The predicted molar refractivity (Wildman–Crippen MR) is 79.1 cm³/mol. The monoisotopic (exact) mass is 404 g/mol. The van der Waals surface area contributed by atoms with Crippen LogP contribution in [0.5, 0.6) is 0 Å². The van der Waals surface area contributed by atoms with Gasteiger partial charge >= 0.3 is 41.9 Å². The fraction of sp³-hybridized carbons (Fsp3) is 0.500. The van der Waals surface area contributed by atoms with Crippen molar-refractivity contribution in [3.05, 3.63) is 46.6 Å². The molecule has 0 spiro atoms. The second-order valence-corrected chi connectivity index (χ2v) is 14.4. The Labute approximate surface area is 153 Å². The first-order valence-corrected chi connectivity index (χ1v) is 12.5. The summed E-state index contributed by atoms with van der Waals surface area (Å²) in [5, 5.41) is 0. The van der Waals surface area contributed by atoms with Gasteiger partial charge in [0, 0.05) is 0 Å². The Morgan fingerprint density at radius 1 is 1.05 bits per heavy atom. The summed E-state index contributed by atoms with van der Waals surface area (Å²) >= 11 is 1.74. The molecule has 0 aromatic carbocycles. The molecule has 0 atom stereocenters. The van der Waals surface area contributed by atoms with Crippen LogP contribution < -0.4 is 24.8 Å². The summed E-state index contributed by atoms with van der Waals surface area (Å²) in [4.78, 5) is 0. The molecule has 2 aliphatic carbocycles. The van der Waals surface area contributed by atoms with E-state index in [0.29, 0.717) is 0 Å². The Morgan fingerprint density at radius 3 is 1.65 bits per heavy atom. The Bertz CT molecular complexity index is 414. The largest absolute Gasteiger partial charge is 1.00 e. The van der Waals surface area contributed by atoms with Crippen molar-refractivity contribution in [3.8, 4) is 0 Å². The van der Waals surface area contributed by atoms with Crippen molar-refractivity contribution in [2.75, 3.05) is 0 Å². The van der Waals surface area contributed by atoms with E-state index in [-0.39, 0.29) is 30.2 Å². The van der Waals surface area contributed by atoms with Gasteiger partial charge in [-0.3, -0.25) is 12.2 Å². The van der Waals surface area contributed by atoms with Crippen LogP contribution in [0.15, 0.2) is 34.4 Å². The molecule has 112 valence electrons. The van der Waals surface area contributed by atoms with Crippen LogP contribution in [0.25, 0.3) is 0 Å². The summed E-state index contributed by atoms with van der Waals surface area (Å²) in [5.74, 6) is 0. The van der Waals surface area contributed by atoms with Crippen LogP contribution in [0.2, 0.25) is 13.1 Å². The molecule has 0 saturated carbocycles. The Hall–Kier alpha value is 0.640. The van der Waals surface area contributed by atoms with Crippen LogP contribution in [0.4, 0.5) is 0 Å². The molecular formula is C16H24Cl2SiZr-2. The summed E-state index contributed by atoms with van der Waals surface area (Å²) < 4.78 is 0. The average Bonchev–Trinajstić information content (AvgIpc) is 2.77. The van der Waals surface area contributed by atoms with Crippen LogP contribution in [0, 0.1) is 12.2 Å². The van der Waals surface area contributed by atoms with E-state index in [1.165, 1.54) is 22.3 Å². The van der Waals surface area contributed by atoms with Gasteiger partial charge in [-0.25, -0.2) is 23.3 Å². The smallest absolute Gasteiger partial charge is 1.00 e. The first-order valence-electron chi connectivity index (χ1n) is 6.32. The number of hydrogen-bond donors (Lipinski definition) is 0. The molecule has 0 bridgehead atoms. The van der Waals surface area contributed by atoms with Crippen molar-refractivity contribution in [1.82, 2.24) is 0 Å². The van der Waals surface area contributed by atoms with E-state index in [1.54, 1.807) is 23.3 Å². The molecule has 20 heavy (non-hydrogen) atoms. The van der Waals surface area contributed by atoms with Gasteiger partial charge in [0.2, 0.25) is 0 Å².